The topological polar surface area (TPSA) is 68.3 Å². The highest BCUT2D eigenvalue weighted by Gasteiger charge is 2.28. The lowest BCUT2D eigenvalue weighted by Gasteiger charge is -2.26. The number of ketones is 1. The molecule has 7 heteroatoms. The van der Waals surface area contributed by atoms with Gasteiger partial charge in [-0.05, 0) is 75.7 Å². The van der Waals surface area contributed by atoms with E-state index in [0.29, 0.717) is 36.8 Å². The fourth-order valence-corrected chi connectivity index (χ4v) is 4.17. The summed E-state index contributed by atoms with van der Waals surface area (Å²) in [5.74, 6) is 1.58. The predicted octanol–water partition coefficient (Wildman–Crippen LogP) is 5.01. The van der Waals surface area contributed by atoms with Crippen LogP contribution in [-0.4, -0.2) is 61.0 Å². The summed E-state index contributed by atoms with van der Waals surface area (Å²) >= 11 is 0. The molecule has 2 heterocycles. The summed E-state index contributed by atoms with van der Waals surface area (Å²) in [4.78, 5) is 29.0. The van der Waals surface area contributed by atoms with Gasteiger partial charge in [0, 0.05) is 25.7 Å². The van der Waals surface area contributed by atoms with Crippen LogP contribution in [0.5, 0.6) is 17.2 Å². The maximum absolute atomic E-state index is 12.8. The van der Waals surface area contributed by atoms with Crippen LogP contribution in [0, 0.1) is 0 Å². The van der Waals surface area contributed by atoms with Crippen LogP contribution in [-0.2, 0) is 0 Å². The van der Waals surface area contributed by atoms with Crippen LogP contribution in [0.4, 0.5) is 4.79 Å². The normalized spacial score (nSPS) is 16.8. The Morgan fingerprint density at radius 3 is 2.44 bits per heavy atom. The van der Waals surface area contributed by atoms with Crippen LogP contribution >= 0.6 is 0 Å². The lowest BCUT2D eigenvalue weighted by molar-refractivity contribution is 0.101. The number of benzene rings is 2. The third-order valence-corrected chi connectivity index (χ3v) is 6.17. The van der Waals surface area contributed by atoms with Crippen LogP contribution < -0.4 is 14.2 Å². The van der Waals surface area contributed by atoms with Gasteiger partial charge < -0.3 is 19.1 Å². The zero-order valence-corrected chi connectivity index (χ0v) is 19.9. The van der Waals surface area contributed by atoms with E-state index in [1.165, 1.54) is 19.3 Å². The zero-order chi connectivity index (χ0) is 23.9. The first-order chi connectivity index (χ1) is 16.6. The van der Waals surface area contributed by atoms with Crippen molar-refractivity contribution >= 4 is 18.0 Å². The Hall–Kier alpha value is -3.32. The number of piperidine rings is 1. The monoisotopic (exact) mass is 464 g/mol. The number of amides is 1. The smallest absolute Gasteiger partial charge is 0.415 e. The molecule has 34 heavy (non-hydrogen) atoms. The average molecular weight is 465 g/mol. The minimum absolute atomic E-state index is 0.196. The number of ether oxygens (including phenoxy) is 3. The molecule has 1 fully saturated rings. The van der Waals surface area contributed by atoms with Gasteiger partial charge in [0.15, 0.2) is 5.76 Å². The van der Waals surface area contributed by atoms with E-state index in [0.717, 1.165) is 30.9 Å². The van der Waals surface area contributed by atoms with Gasteiger partial charge in [-0.3, -0.25) is 9.69 Å². The first-order valence-electron chi connectivity index (χ1n) is 12.1. The van der Waals surface area contributed by atoms with Crippen molar-refractivity contribution in [3.8, 4) is 17.2 Å². The van der Waals surface area contributed by atoms with Gasteiger partial charge in [-0.1, -0.05) is 18.6 Å². The van der Waals surface area contributed by atoms with E-state index in [1.54, 1.807) is 29.2 Å². The van der Waals surface area contributed by atoms with Crippen LogP contribution in [0.3, 0.4) is 0 Å². The van der Waals surface area contributed by atoms with Gasteiger partial charge in [0.1, 0.15) is 23.9 Å². The van der Waals surface area contributed by atoms with Gasteiger partial charge in [-0.15, -0.1) is 0 Å². The van der Waals surface area contributed by atoms with Crippen molar-refractivity contribution in [2.24, 2.45) is 0 Å². The Kier molecular flexibility index (Phi) is 7.85. The van der Waals surface area contributed by atoms with Gasteiger partial charge in [-0.2, -0.15) is 0 Å². The second-order valence-electron chi connectivity index (χ2n) is 8.46. The number of carbonyl (C=O) groups is 2. The molecule has 0 N–H and O–H groups in total. The lowest BCUT2D eigenvalue weighted by Crippen LogP contribution is -2.33. The van der Waals surface area contributed by atoms with E-state index in [2.05, 4.69) is 4.90 Å². The van der Waals surface area contributed by atoms with Gasteiger partial charge in [0.05, 0.1) is 5.56 Å². The van der Waals surface area contributed by atoms with E-state index in [4.69, 9.17) is 14.2 Å². The molecule has 0 unspecified atom stereocenters. The first kappa shape index (κ1) is 23.8. The van der Waals surface area contributed by atoms with Crippen molar-refractivity contribution < 1.29 is 23.8 Å². The molecule has 0 spiro atoms. The molecular weight excluding hydrogens is 432 g/mol. The molecule has 0 radical (unpaired) electrons. The second-order valence-corrected chi connectivity index (χ2v) is 8.46. The molecule has 2 aromatic rings. The molecule has 0 saturated carbocycles. The Labute approximate surface area is 200 Å². The molecule has 1 amide bonds. The molecule has 2 aliphatic rings. The number of likely N-dealkylation sites (tertiary alicyclic amines) is 1. The fourth-order valence-electron chi connectivity index (χ4n) is 4.17. The van der Waals surface area contributed by atoms with Crippen LogP contribution in [0.15, 0.2) is 48.2 Å². The van der Waals surface area contributed by atoms with Crippen molar-refractivity contribution in [1.82, 2.24) is 9.80 Å². The summed E-state index contributed by atoms with van der Waals surface area (Å²) in [6.07, 6.45) is 5.16. The number of Topliss-reactive ketones (excluding diaryl/α,β-unsaturated/α-hetero) is 1. The maximum atomic E-state index is 12.8. The number of hydrogen-bond acceptors (Lipinski definition) is 6. The molecule has 2 aromatic carbocycles. The summed E-state index contributed by atoms with van der Waals surface area (Å²) in [7, 11) is 0. The van der Waals surface area contributed by atoms with E-state index < -0.39 is 6.09 Å². The van der Waals surface area contributed by atoms with E-state index in [9.17, 15) is 9.59 Å². The molecule has 7 nitrogen and oxygen atoms in total. The molecular formula is C27H32N2O5. The minimum Gasteiger partial charge on any atom is -0.492 e. The number of hydrogen-bond donors (Lipinski definition) is 0. The zero-order valence-electron chi connectivity index (χ0n) is 19.9. The highest BCUT2D eigenvalue weighted by molar-refractivity contribution is 6.14. The van der Waals surface area contributed by atoms with Crippen molar-refractivity contribution in [2.45, 2.75) is 33.1 Å². The number of carbonyl (C=O) groups excluding carboxylic acids is 2. The Balaban J connectivity index is 1.35. The molecule has 0 atom stereocenters. The van der Waals surface area contributed by atoms with Crippen LogP contribution in [0.2, 0.25) is 0 Å². The van der Waals surface area contributed by atoms with E-state index in [-0.39, 0.29) is 11.5 Å². The summed E-state index contributed by atoms with van der Waals surface area (Å²) in [6.45, 7) is 8.82. The maximum Gasteiger partial charge on any atom is 0.415 e. The Morgan fingerprint density at radius 2 is 1.74 bits per heavy atom. The standard InChI is InChI=1S/C27H32N2O5/c1-3-29(4-2)27(31)33-22-12-13-23-24(19-22)34-25(26(23)30)18-20-8-10-21(11-9-20)32-17-16-28-14-6-5-7-15-28/h8-13,18-19H,3-7,14-17H2,1-2H3/b25-18-. The second kappa shape index (κ2) is 11.2. The SMILES string of the molecule is CCN(CC)C(=O)Oc1ccc2c(c1)O/C(=C\c1ccc(OCCN3CCCCC3)cc1)C2=O. The Morgan fingerprint density at radius 1 is 1.03 bits per heavy atom. The fraction of sp³-hybridized carbons (Fsp3) is 0.407. The molecule has 2 aliphatic heterocycles. The molecule has 0 bridgehead atoms. The van der Waals surface area contributed by atoms with Crippen LogP contribution in [0.25, 0.3) is 6.08 Å². The highest BCUT2D eigenvalue weighted by Crippen LogP contribution is 2.35. The minimum atomic E-state index is -0.428. The highest BCUT2D eigenvalue weighted by atomic mass is 16.6. The lowest BCUT2D eigenvalue weighted by atomic mass is 10.1. The molecule has 1 saturated heterocycles. The summed E-state index contributed by atoms with van der Waals surface area (Å²) in [6, 6.07) is 12.4. The van der Waals surface area contributed by atoms with Gasteiger partial charge in [-0.25, -0.2) is 4.79 Å². The first-order valence-corrected chi connectivity index (χ1v) is 12.1. The van der Waals surface area contributed by atoms with Crippen molar-refractivity contribution in [3.05, 3.63) is 59.4 Å². The number of fused-ring (bicyclic) bond motifs is 1. The van der Waals surface area contributed by atoms with Gasteiger partial charge in [0.25, 0.3) is 0 Å². The number of allylic oxidation sites excluding steroid dienone is 1. The molecule has 0 aromatic heterocycles. The quantitative estimate of drug-likeness (QED) is 0.512. The van der Waals surface area contributed by atoms with Crippen molar-refractivity contribution in [1.29, 1.82) is 0 Å². The predicted molar refractivity (Wildman–Crippen MR) is 131 cm³/mol. The summed E-state index contributed by atoms with van der Waals surface area (Å²) < 4.78 is 17.1. The third-order valence-electron chi connectivity index (χ3n) is 6.17. The molecule has 180 valence electrons. The van der Waals surface area contributed by atoms with E-state index in [1.807, 2.05) is 38.1 Å². The summed E-state index contributed by atoms with van der Waals surface area (Å²) in [5.41, 5.74) is 1.29. The van der Waals surface area contributed by atoms with Crippen molar-refractivity contribution in [2.75, 3.05) is 39.3 Å². The largest absolute Gasteiger partial charge is 0.492 e. The molecule has 0 aliphatic carbocycles. The Bertz CT molecular complexity index is 1040. The number of nitrogens with zero attached hydrogens (tertiary/aromatic N) is 2. The van der Waals surface area contributed by atoms with Crippen molar-refractivity contribution in [3.63, 3.8) is 0 Å². The average Bonchev–Trinajstić information content (AvgIpc) is 3.16. The molecule has 4 rings (SSSR count). The summed E-state index contributed by atoms with van der Waals surface area (Å²) in [5, 5.41) is 0. The third kappa shape index (κ3) is 5.78. The van der Waals surface area contributed by atoms with Gasteiger partial charge >= 0.3 is 6.09 Å². The number of rotatable bonds is 8. The van der Waals surface area contributed by atoms with Crippen LogP contribution in [0.1, 0.15) is 49.0 Å². The van der Waals surface area contributed by atoms with Gasteiger partial charge in [0.2, 0.25) is 5.78 Å². The van der Waals surface area contributed by atoms with E-state index >= 15 is 0 Å².